The molecule has 0 radical (unpaired) electrons. The van der Waals surface area contributed by atoms with Crippen molar-refractivity contribution < 1.29 is 0 Å². The molecule has 0 N–H and O–H groups in total. The van der Waals surface area contributed by atoms with E-state index in [4.69, 9.17) is 0 Å². The molecular formula is C19H32. The molecule has 0 heteroatoms. The van der Waals surface area contributed by atoms with Crippen LogP contribution in [0.3, 0.4) is 0 Å². The molecule has 4 saturated carbocycles. The molecule has 0 bridgehead atoms. The fourth-order valence-electron chi connectivity index (χ4n) is 7.29. The Morgan fingerprint density at radius 1 is 0.684 bits per heavy atom. The van der Waals surface area contributed by atoms with Gasteiger partial charge in [-0.1, -0.05) is 33.1 Å². The Morgan fingerprint density at radius 3 is 2.47 bits per heavy atom. The Balaban J connectivity index is 1.64. The molecule has 4 aliphatic carbocycles. The molecule has 4 rings (SSSR count). The Hall–Kier alpha value is 0. The average Bonchev–Trinajstić information content (AvgIpc) is 2.79. The van der Waals surface area contributed by atoms with Crippen LogP contribution in [-0.2, 0) is 0 Å². The van der Waals surface area contributed by atoms with Gasteiger partial charge in [0, 0.05) is 0 Å². The van der Waals surface area contributed by atoms with Gasteiger partial charge >= 0.3 is 0 Å². The van der Waals surface area contributed by atoms with Gasteiger partial charge in [-0.15, -0.1) is 0 Å². The molecule has 4 fully saturated rings. The Kier molecular flexibility index (Phi) is 2.84. The highest BCUT2D eigenvalue weighted by atomic mass is 14.6. The van der Waals surface area contributed by atoms with Crippen molar-refractivity contribution in [2.24, 2.45) is 34.5 Å². The summed E-state index contributed by atoms with van der Waals surface area (Å²) in [5.74, 6) is 4.41. The van der Waals surface area contributed by atoms with E-state index in [1.165, 1.54) is 19.3 Å². The molecule has 0 aliphatic heterocycles. The van der Waals surface area contributed by atoms with Crippen molar-refractivity contribution in [1.82, 2.24) is 0 Å². The first-order chi connectivity index (χ1) is 9.13. The van der Waals surface area contributed by atoms with E-state index in [2.05, 4.69) is 13.8 Å². The summed E-state index contributed by atoms with van der Waals surface area (Å²) in [7, 11) is 0. The van der Waals surface area contributed by atoms with Crippen LogP contribution in [0.5, 0.6) is 0 Å². The summed E-state index contributed by atoms with van der Waals surface area (Å²) in [6.45, 7) is 5.33. The van der Waals surface area contributed by atoms with Crippen LogP contribution in [0.15, 0.2) is 0 Å². The van der Waals surface area contributed by atoms with E-state index < -0.39 is 0 Å². The molecule has 0 heterocycles. The lowest BCUT2D eigenvalue weighted by Crippen LogP contribution is -2.51. The largest absolute Gasteiger partial charge is 0.0594 e. The minimum absolute atomic E-state index is 0.741. The van der Waals surface area contributed by atoms with Crippen LogP contribution in [0.4, 0.5) is 0 Å². The highest BCUT2D eigenvalue weighted by molar-refractivity contribution is 5.06. The maximum Gasteiger partial charge on any atom is -0.0266 e. The first-order valence-electron chi connectivity index (χ1n) is 9.13. The molecule has 0 aromatic carbocycles. The van der Waals surface area contributed by atoms with Gasteiger partial charge in [-0.25, -0.2) is 0 Å². The first kappa shape index (κ1) is 12.7. The predicted molar refractivity (Wildman–Crippen MR) is 81.0 cm³/mol. The van der Waals surface area contributed by atoms with E-state index in [1.54, 1.807) is 51.4 Å². The minimum atomic E-state index is 0.741. The van der Waals surface area contributed by atoms with Crippen LogP contribution in [0.1, 0.15) is 84.5 Å². The smallest absolute Gasteiger partial charge is 0.0266 e. The van der Waals surface area contributed by atoms with E-state index in [-0.39, 0.29) is 0 Å². The molecule has 0 aromatic heterocycles. The molecule has 4 aliphatic rings. The van der Waals surface area contributed by atoms with Crippen molar-refractivity contribution in [2.75, 3.05) is 0 Å². The van der Waals surface area contributed by atoms with Crippen molar-refractivity contribution in [1.29, 1.82) is 0 Å². The zero-order valence-electron chi connectivity index (χ0n) is 13.1. The summed E-state index contributed by atoms with van der Waals surface area (Å²) in [6, 6.07) is 0. The third-order valence-corrected chi connectivity index (χ3v) is 8.36. The molecule has 19 heavy (non-hydrogen) atoms. The molecule has 108 valence electrons. The van der Waals surface area contributed by atoms with Gasteiger partial charge in [-0.3, -0.25) is 0 Å². The monoisotopic (exact) mass is 260 g/mol. The van der Waals surface area contributed by atoms with Gasteiger partial charge in [-0.05, 0) is 85.9 Å². The van der Waals surface area contributed by atoms with Crippen LogP contribution in [-0.4, -0.2) is 0 Å². The molecule has 0 aromatic rings. The lowest BCUT2D eigenvalue weighted by Gasteiger charge is -2.60. The Bertz CT molecular complexity index is 359. The summed E-state index contributed by atoms with van der Waals surface area (Å²) in [5.41, 5.74) is 1.49. The van der Waals surface area contributed by atoms with Gasteiger partial charge in [0.2, 0.25) is 0 Å². The molecular weight excluding hydrogens is 228 g/mol. The van der Waals surface area contributed by atoms with E-state index in [0.29, 0.717) is 0 Å². The zero-order chi connectivity index (χ0) is 13.1. The number of hydrogen-bond acceptors (Lipinski definition) is 0. The van der Waals surface area contributed by atoms with Gasteiger partial charge in [0.05, 0.1) is 0 Å². The maximum atomic E-state index is 2.70. The topological polar surface area (TPSA) is 0 Å². The summed E-state index contributed by atoms with van der Waals surface area (Å²) in [4.78, 5) is 0. The predicted octanol–water partition coefficient (Wildman–Crippen LogP) is 5.81. The van der Waals surface area contributed by atoms with Crippen LogP contribution in [0.25, 0.3) is 0 Å². The first-order valence-corrected chi connectivity index (χ1v) is 9.13. The quantitative estimate of drug-likeness (QED) is 0.515. The number of hydrogen-bond donors (Lipinski definition) is 0. The summed E-state index contributed by atoms with van der Waals surface area (Å²) >= 11 is 0. The van der Waals surface area contributed by atoms with Gasteiger partial charge < -0.3 is 0 Å². The fraction of sp³-hybridized carbons (Fsp3) is 1.00. The van der Waals surface area contributed by atoms with Gasteiger partial charge in [-0.2, -0.15) is 0 Å². The molecule has 0 spiro atoms. The number of fused-ring (bicyclic) bond motifs is 5. The standard InChI is InChI=1S/C19H32/c1-18-11-5-7-16(18)15-9-8-14-6-3-4-12-19(14,2)17(15)10-13-18/h14-17H,3-13H2,1-2H3/t14?,15-,16?,17-,18-,19-/m0/s1. The fourth-order valence-corrected chi connectivity index (χ4v) is 7.29. The second-order valence-electron chi connectivity index (χ2n) is 8.99. The summed E-state index contributed by atoms with van der Waals surface area (Å²) < 4.78 is 0. The molecule has 0 amide bonds. The van der Waals surface area contributed by atoms with Crippen molar-refractivity contribution in [3.8, 4) is 0 Å². The lowest BCUT2D eigenvalue weighted by molar-refractivity contribution is -0.103. The van der Waals surface area contributed by atoms with E-state index in [0.717, 1.165) is 34.5 Å². The van der Waals surface area contributed by atoms with E-state index >= 15 is 0 Å². The van der Waals surface area contributed by atoms with Crippen molar-refractivity contribution in [3.05, 3.63) is 0 Å². The second kappa shape index (κ2) is 4.25. The van der Waals surface area contributed by atoms with Gasteiger partial charge in [0.1, 0.15) is 0 Å². The van der Waals surface area contributed by atoms with Gasteiger partial charge in [0.25, 0.3) is 0 Å². The van der Waals surface area contributed by atoms with Crippen LogP contribution < -0.4 is 0 Å². The van der Waals surface area contributed by atoms with Gasteiger partial charge in [0.15, 0.2) is 0 Å². The average molecular weight is 260 g/mol. The molecule has 0 nitrogen and oxygen atoms in total. The Morgan fingerprint density at radius 2 is 1.58 bits per heavy atom. The maximum absolute atomic E-state index is 2.70. The third-order valence-electron chi connectivity index (χ3n) is 8.36. The highest BCUT2D eigenvalue weighted by Gasteiger charge is 2.56. The second-order valence-corrected chi connectivity index (χ2v) is 8.99. The van der Waals surface area contributed by atoms with Crippen LogP contribution >= 0.6 is 0 Å². The van der Waals surface area contributed by atoms with Crippen molar-refractivity contribution in [3.63, 3.8) is 0 Å². The minimum Gasteiger partial charge on any atom is -0.0594 e. The van der Waals surface area contributed by atoms with E-state index in [9.17, 15) is 0 Å². The molecule has 2 unspecified atom stereocenters. The number of rotatable bonds is 0. The van der Waals surface area contributed by atoms with Crippen molar-refractivity contribution >= 4 is 0 Å². The SMILES string of the molecule is C[C@@]12CCCC1[C@@H]1CCC3CCCC[C@]3(C)[C@H]1CC2. The van der Waals surface area contributed by atoms with Crippen LogP contribution in [0, 0.1) is 34.5 Å². The van der Waals surface area contributed by atoms with Crippen LogP contribution in [0.2, 0.25) is 0 Å². The molecule has 0 saturated heterocycles. The summed E-state index contributed by atoms with van der Waals surface area (Å²) in [6.07, 6.45) is 17.1. The lowest BCUT2D eigenvalue weighted by atomic mass is 9.45. The zero-order valence-corrected chi connectivity index (χ0v) is 13.1. The Labute approximate surface area is 119 Å². The third kappa shape index (κ3) is 1.70. The molecule has 6 atom stereocenters. The summed E-state index contributed by atoms with van der Waals surface area (Å²) in [5, 5.41) is 0. The normalized spacial score (nSPS) is 57.2. The highest BCUT2D eigenvalue weighted by Crippen LogP contribution is 2.66. The van der Waals surface area contributed by atoms with E-state index in [1.807, 2.05) is 0 Å². The van der Waals surface area contributed by atoms with Crippen molar-refractivity contribution in [2.45, 2.75) is 84.5 Å².